The Bertz CT molecular complexity index is 70.4. The van der Waals surface area contributed by atoms with Gasteiger partial charge in [0.2, 0.25) is 0 Å². The summed E-state index contributed by atoms with van der Waals surface area (Å²) in [6.07, 6.45) is 0. The zero-order valence-corrected chi connectivity index (χ0v) is 17.1. The standard InChI is InChI=1S/4BO3.4Tb/c4*2-1(3)4;;;;/q4*-3;4*+3. The summed E-state index contributed by atoms with van der Waals surface area (Å²) >= 11 is 0. The van der Waals surface area contributed by atoms with E-state index in [1.54, 1.807) is 0 Å². The van der Waals surface area contributed by atoms with Crippen LogP contribution in [0.1, 0.15) is 0 Å². The molecule has 0 radical (unpaired) electrons. The molecule has 12 nitrogen and oxygen atoms in total. The summed E-state index contributed by atoms with van der Waals surface area (Å²) < 4.78 is 0. The first-order valence-corrected chi connectivity index (χ1v) is 2.83. The maximum atomic E-state index is 8.42. The van der Waals surface area contributed by atoms with Crippen molar-refractivity contribution in [2.45, 2.75) is 0 Å². The molecule has 0 fully saturated rings. The van der Waals surface area contributed by atoms with Crippen molar-refractivity contribution >= 4 is 29.3 Å². The van der Waals surface area contributed by atoms with Crippen molar-refractivity contribution in [3.8, 4) is 0 Å². The topological polar surface area (TPSA) is 277 Å². The van der Waals surface area contributed by atoms with Crippen LogP contribution in [0.15, 0.2) is 0 Å². The van der Waals surface area contributed by atoms with E-state index in [4.69, 9.17) is 60.3 Å². The van der Waals surface area contributed by atoms with Gasteiger partial charge in [0, 0.05) is 0 Å². The molecule has 0 aliphatic heterocycles. The summed E-state index contributed by atoms with van der Waals surface area (Å²) in [4.78, 5) is 0. The minimum atomic E-state index is -2.92. The van der Waals surface area contributed by atoms with Crippen molar-refractivity contribution in [1.82, 2.24) is 0 Å². The van der Waals surface area contributed by atoms with Gasteiger partial charge < -0.3 is 60.3 Å². The van der Waals surface area contributed by atoms with Gasteiger partial charge in [-0.2, -0.15) is 0 Å². The van der Waals surface area contributed by atoms with Gasteiger partial charge in [0.15, 0.2) is 0 Å². The minimum Gasteiger partial charge on any atom is -0.907 e. The molecule has 0 aromatic carbocycles. The molecule has 0 saturated carbocycles. The van der Waals surface area contributed by atoms with E-state index in [0.717, 1.165) is 0 Å². The van der Waals surface area contributed by atoms with E-state index in [9.17, 15) is 0 Å². The molecule has 0 spiro atoms. The van der Waals surface area contributed by atoms with Crippen LogP contribution in [0, 0.1) is 154 Å². The molecule has 0 aliphatic rings. The van der Waals surface area contributed by atoms with Crippen LogP contribution in [0.3, 0.4) is 0 Å². The van der Waals surface area contributed by atoms with Gasteiger partial charge in [0.1, 0.15) is 0 Å². The first-order chi connectivity index (χ1) is 6.93. The summed E-state index contributed by atoms with van der Waals surface area (Å²) in [7, 11) is -11.7. The monoisotopic (exact) mass is 872 g/mol. The second-order valence-electron chi connectivity index (χ2n) is 1.15. The summed E-state index contributed by atoms with van der Waals surface area (Å²) in [6, 6.07) is 0. The average Bonchev–Trinajstić information content (AvgIpc) is 1.76. The molecule has 0 aliphatic carbocycles. The van der Waals surface area contributed by atoms with E-state index in [0.29, 0.717) is 0 Å². The molecule has 0 N–H and O–H groups in total. The number of rotatable bonds is 0. The third kappa shape index (κ3) is 455. The van der Waals surface area contributed by atoms with Crippen molar-refractivity contribution < 1.29 is 215 Å². The van der Waals surface area contributed by atoms with E-state index < -0.39 is 29.3 Å². The molecule has 0 bridgehead atoms. The Balaban J connectivity index is -0.0000000150. The van der Waals surface area contributed by atoms with Crippen molar-refractivity contribution in [3.63, 3.8) is 0 Å². The van der Waals surface area contributed by atoms with Gasteiger partial charge in [-0.3, -0.25) is 29.3 Å². The second kappa shape index (κ2) is 43.9. The molecule has 120 valence electrons. The smallest absolute Gasteiger partial charge is 0.907 e. The Kier molecular flexibility index (Phi) is 109. The van der Waals surface area contributed by atoms with Gasteiger partial charge >= 0.3 is 154 Å². The SMILES string of the molecule is [O-]B([O-])[O-].[O-]B([O-])[O-].[O-]B([O-])[O-].[O-]B([O-])[O-].[Tb+3].[Tb+3].[Tb+3].[Tb+3]. The number of hydrogen-bond acceptors (Lipinski definition) is 12. The summed E-state index contributed by atoms with van der Waals surface area (Å²) in [5.41, 5.74) is 0. The minimum absolute atomic E-state index is 0. The van der Waals surface area contributed by atoms with Crippen LogP contribution in [0.25, 0.3) is 0 Å². The van der Waals surface area contributed by atoms with Crippen LogP contribution in [-0.4, -0.2) is 29.3 Å². The molecule has 0 amide bonds. The molecule has 0 aromatic heterocycles. The summed E-state index contributed by atoms with van der Waals surface area (Å²) in [5.74, 6) is 0. The molecular formula is B4O12Tb4. The third-order valence-electron chi connectivity index (χ3n) is 0. The molecule has 20 heteroatoms. The van der Waals surface area contributed by atoms with Crippen LogP contribution >= 0.6 is 0 Å². The predicted octanol–water partition coefficient (Wildman–Crippen LogP) is -15.8. The zero-order valence-electron chi connectivity index (χ0n) is 8.54. The van der Waals surface area contributed by atoms with E-state index in [1.165, 1.54) is 0 Å². The van der Waals surface area contributed by atoms with Crippen molar-refractivity contribution in [1.29, 1.82) is 0 Å². The van der Waals surface area contributed by atoms with Crippen molar-refractivity contribution in [2.75, 3.05) is 0 Å². The molecule has 0 atom stereocenters. The molecule has 0 heterocycles. The second-order valence-corrected chi connectivity index (χ2v) is 1.15. The molecular weight excluding hydrogens is 871 g/mol. The van der Waals surface area contributed by atoms with E-state index in [2.05, 4.69) is 0 Å². The van der Waals surface area contributed by atoms with Crippen LogP contribution in [-0.2, 0) is 0 Å². The van der Waals surface area contributed by atoms with Crippen LogP contribution in [0.2, 0.25) is 0 Å². The van der Waals surface area contributed by atoms with Crippen LogP contribution in [0.4, 0.5) is 0 Å². The Hall–Kier alpha value is 4.92. The fourth-order valence-electron chi connectivity index (χ4n) is 0. The fourth-order valence-corrected chi connectivity index (χ4v) is 0. The van der Waals surface area contributed by atoms with Crippen LogP contribution in [0.5, 0.6) is 0 Å². The van der Waals surface area contributed by atoms with Gasteiger partial charge in [-0.25, -0.2) is 0 Å². The molecule has 0 unspecified atom stereocenters. The van der Waals surface area contributed by atoms with E-state index in [1.807, 2.05) is 0 Å². The summed E-state index contributed by atoms with van der Waals surface area (Å²) in [5, 5.41) is 101. The average molecular weight is 871 g/mol. The summed E-state index contributed by atoms with van der Waals surface area (Å²) in [6.45, 7) is 0. The van der Waals surface area contributed by atoms with Gasteiger partial charge in [0.05, 0.1) is 0 Å². The third-order valence-corrected chi connectivity index (χ3v) is 0. The van der Waals surface area contributed by atoms with E-state index >= 15 is 0 Å². The van der Waals surface area contributed by atoms with Gasteiger partial charge in [-0.15, -0.1) is 0 Å². The molecule has 0 saturated heterocycles. The Morgan fingerprint density at radius 3 is 0.250 bits per heavy atom. The van der Waals surface area contributed by atoms with Gasteiger partial charge in [-0.05, 0) is 0 Å². The molecule has 20 heavy (non-hydrogen) atoms. The van der Waals surface area contributed by atoms with E-state index in [-0.39, 0.29) is 154 Å². The molecule has 0 aromatic rings. The normalized spacial score (nSPS) is 5.40. The van der Waals surface area contributed by atoms with Crippen LogP contribution < -0.4 is 60.3 Å². The fraction of sp³-hybridized carbons (Fsp3) is 0. The predicted molar refractivity (Wildman–Crippen MR) is 23.0 cm³/mol. The number of hydrogen-bond donors (Lipinski definition) is 0. The first kappa shape index (κ1) is 49.8. The quantitative estimate of drug-likeness (QED) is 0.205. The molecule has 0 rings (SSSR count). The maximum absolute atomic E-state index is 8.42. The largest absolute Gasteiger partial charge is 3.00 e. The Labute approximate surface area is 238 Å². The Morgan fingerprint density at radius 1 is 0.250 bits per heavy atom. The zero-order chi connectivity index (χ0) is 14.3. The van der Waals surface area contributed by atoms with Crippen molar-refractivity contribution in [3.05, 3.63) is 0 Å². The first-order valence-electron chi connectivity index (χ1n) is 2.83. The Morgan fingerprint density at radius 2 is 0.250 bits per heavy atom. The van der Waals surface area contributed by atoms with Gasteiger partial charge in [-0.1, -0.05) is 0 Å². The van der Waals surface area contributed by atoms with Crippen molar-refractivity contribution in [2.24, 2.45) is 0 Å². The maximum Gasteiger partial charge on any atom is 3.00 e. The van der Waals surface area contributed by atoms with Gasteiger partial charge in [0.25, 0.3) is 0 Å².